The van der Waals surface area contributed by atoms with Gasteiger partial charge >= 0.3 is 0 Å². The number of nitrogens with zero attached hydrogens (tertiary/aromatic N) is 2. The van der Waals surface area contributed by atoms with Crippen molar-refractivity contribution in [3.63, 3.8) is 0 Å². The molecule has 6 nitrogen and oxygen atoms in total. The van der Waals surface area contributed by atoms with Crippen LogP contribution in [0.25, 0.3) is 11.1 Å². The van der Waals surface area contributed by atoms with Gasteiger partial charge in [0, 0.05) is 47.3 Å². The predicted octanol–water partition coefficient (Wildman–Crippen LogP) is 4.78. The minimum atomic E-state index is -0.501. The summed E-state index contributed by atoms with van der Waals surface area (Å²) in [5.41, 5.74) is 9.21. The van der Waals surface area contributed by atoms with Gasteiger partial charge in [0.1, 0.15) is 11.5 Å². The van der Waals surface area contributed by atoms with E-state index in [9.17, 15) is 4.79 Å². The lowest BCUT2D eigenvalue weighted by atomic mass is 9.96. The average Bonchev–Trinajstić information content (AvgIpc) is 2.75. The third-order valence-electron chi connectivity index (χ3n) is 4.30. The van der Waals surface area contributed by atoms with Gasteiger partial charge in [-0.3, -0.25) is 14.8 Å². The summed E-state index contributed by atoms with van der Waals surface area (Å²) < 4.78 is 5.91. The summed E-state index contributed by atoms with van der Waals surface area (Å²) in [6, 6.07) is 20.2. The molecular formula is C23H18N4O2. The predicted molar refractivity (Wildman–Crippen MR) is 112 cm³/mol. The highest BCUT2D eigenvalue weighted by atomic mass is 16.5. The molecule has 0 unspecified atom stereocenters. The maximum atomic E-state index is 12.1. The summed E-state index contributed by atoms with van der Waals surface area (Å²) in [6.45, 7) is 0. The number of benzene rings is 2. The van der Waals surface area contributed by atoms with Crippen LogP contribution in [0.2, 0.25) is 0 Å². The standard InChI is InChI=1S/C23H18N4O2/c24-23(28)20-5-2-6-21(27-17-7-11-25-12-8-17)22(20)16-3-1-4-19(15-16)29-18-9-13-26-14-10-18/h1-15H,(H2,24,28)(H,25,27). The summed E-state index contributed by atoms with van der Waals surface area (Å²) in [5.74, 6) is 0.817. The maximum Gasteiger partial charge on any atom is 0.249 e. The van der Waals surface area contributed by atoms with Gasteiger partial charge in [0.05, 0.1) is 0 Å². The fraction of sp³-hybridized carbons (Fsp3) is 0. The molecule has 0 aliphatic carbocycles. The number of hydrogen-bond donors (Lipinski definition) is 2. The molecule has 2 aromatic heterocycles. The molecule has 0 saturated heterocycles. The highest BCUT2D eigenvalue weighted by Crippen LogP contribution is 2.36. The maximum absolute atomic E-state index is 12.1. The molecule has 0 spiro atoms. The van der Waals surface area contributed by atoms with E-state index in [-0.39, 0.29) is 0 Å². The normalized spacial score (nSPS) is 10.3. The number of hydrogen-bond acceptors (Lipinski definition) is 5. The van der Waals surface area contributed by atoms with Crippen LogP contribution in [0.3, 0.4) is 0 Å². The smallest absolute Gasteiger partial charge is 0.249 e. The van der Waals surface area contributed by atoms with Crippen molar-refractivity contribution in [2.75, 3.05) is 5.32 Å². The number of anilines is 2. The van der Waals surface area contributed by atoms with Crippen LogP contribution in [0.4, 0.5) is 11.4 Å². The number of rotatable bonds is 6. The quantitative estimate of drug-likeness (QED) is 0.501. The van der Waals surface area contributed by atoms with Crippen molar-refractivity contribution in [3.8, 4) is 22.6 Å². The molecule has 142 valence electrons. The first-order valence-electron chi connectivity index (χ1n) is 8.99. The second-order valence-electron chi connectivity index (χ2n) is 6.27. The third-order valence-corrected chi connectivity index (χ3v) is 4.30. The van der Waals surface area contributed by atoms with Crippen LogP contribution in [-0.4, -0.2) is 15.9 Å². The molecule has 0 atom stereocenters. The number of amides is 1. The Hall–Kier alpha value is -4.19. The highest BCUT2D eigenvalue weighted by molar-refractivity contribution is 6.03. The van der Waals surface area contributed by atoms with Gasteiger partial charge in [-0.15, -0.1) is 0 Å². The summed E-state index contributed by atoms with van der Waals surface area (Å²) in [6.07, 6.45) is 6.73. The Morgan fingerprint density at radius 1 is 0.828 bits per heavy atom. The average molecular weight is 382 g/mol. The van der Waals surface area contributed by atoms with Crippen molar-refractivity contribution >= 4 is 17.3 Å². The molecule has 4 rings (SSSR count). The minimum Gasteiger partial charge on any atom is -0.457 e. The lowest BCUT2D eigenvalue weighted by molar-refractivity contribution is 0.100. The molecule has 0 bridgehead atoms. The fourth-order valence-electron chi connectivity index (χ4n) is 3.02. The van der Waals surface area contributed by atoms with E-state index in [0.717, 1.165) is 16.9 Å². The Labute approximate surface area is 168 Å². The van der Waals surface area contributed by atoms with E-state index in [1.54, 1.807) is 49.1 Å². The van der Waals surface area contributed by atoms with E-state index in [1.807, 2.05) is 42.5 Å². The molecule has 0 saturated carbocycles. The lowest BCUT2D eigenvalue weighted by Gasteiger charge is -2.16. The summed E-state index contributed by atoms with van der Waals surface area (Å²) in [7, 11) is 0. The van der Waals surface area contributed by atoms with E-state index in [1.165, 1.54) is 0 Å². The van der Waals surface area contributed by atoms with Gasteiger partial charge in [-0.25, -0.2) is 0 Å². The number of aromatic nitrogens is 2. The zero-order chi connectivity index (χ0) is 20.1. The molecule has 3 N–H and O–H groups in total. The van der Waals surface area contributed by atoms with Gasteiger partial charge in [-0.1, -0.05) is 18.2 Å². The molecule has 2 aromatic carbocycles. The number of pyridine rings is 2. The van der Waals surface area contributed by atoms with E-state index < -0.39 is 5.91 Å². The minimum absolute atomic E-state index is 0.421. The molecule has 0 radical (unpaired) electrons. The van der Waals surface area contributed by atoms with Gasteiger partial charge in [-0.2, -0.15) is 0 Å². The molecular weight excluding hydrogens is 364 g/mol. The molecule has 4 aromatic rings. The van der Waals surface area contributed by atoms with Gasteiger partial charge < -0.3 is 15.8 Å². The summed E-state index contributed by atoms with van der Waals surface area (Å²) >= 11 is 0. The largest absolute Gasteiger partial charge is 0.457 e. The van der Waals surface area contributed by atoms with Crippen molar-refractivity contribution in [2.24, 2.45) is 5.73 Å². The number of nitrogens with one attached hydrogen (secondary N) is 1. The van der Waals surface area contributed by atoms with E-state index in [0.29, 0.717) is 22.6 Å². The SMILES string of the molecule is NC(=O)c1cccc(Nc2ccncc2)c1-c1cccc(Oc2ccncc2)c1. The molecule has 2 heterocycles. The summed E-state index contributed by atoms with van der Waals surface area (Å²) in [5, 5.41) is 3.34. The van der Waals surface area contributed by atoms with Crippen LogP contribution in [0, 0.1) is 0 Å². The Morgan fingerprint density at radius 2 is 1.52 bits per heavy atom. The Balaban J connectivity index is 1.77. The van der Waals surface area contributed by atoms with Gasteiger partial charge in [-0.05, 0) is 54.1 Å². The number of carbonyl (C=O) groups is 1. The van der Waals surface area contributed by atoms with Crippen LogP contribution in [-0.2, 0) is 0 Å². The van der Waals surface area contributed by atoms with Gasteiger partial charge in [0.25, 0.3) is 0 Å². The molecule has 6 heteroatoms. The van der Waals surface area contributed by atoms with E-state index >= 15 is 0 Å². The van der Waals surface area contributed by atoms with E-state index in [2.05, 4.69) is 15.3 Å². The van der Waals surface area contributed by atoms with E-state index in [4.69, 9.17) is 10.5 Å². The molecule has 0 fully saturated rings. The Kier molecular flexibility index (Phi) is 5.16. The van der Waals surface area contributed by atoms with Crippen molar-refractivity contribution in [1.29, 1.82) is 0 Å². The fourth-order valence-corrected chi connectivity index (χ4v) is 3.02. The van der Waals surface area contributed by atoms with Crippen molar-refractivity contribution in [1.82, 2.24) is 9.97 Å². The zero-order valence-corrected chi connectivity index (χ0v) is 15.4. The van der Waals surface area contributed by atoms with Crippen LogP contribution < -0.4 is 15.8 Å². The number of nitrogens with two attached hydrogens (primary N) is 1. The first-order valence-corrected chi connectivity index (χ1v) is 8.99. The topological polar surface area (TPSA) is 90.1 Å². The number of carbonyl (C=O) groups excluding carboxylic acids is 1. The first kappa shape index (κ1) is 18.2. The summed E-state index contributed by atoms with van der Waals surface area (Å²) in [4.78, 5) is 20.1. The van der Waals surface area contributed by atoms with Gasteiger partial charge in [0.15, 0.2) is 0 Å². The zero-order valence-electron chi connectivity index (χ0n) is 15.4. The van der Waals surface area contributed by atoms with Crippen molar-refractivity contribution in [3.05, 3.63) is 97.1 Å². The second-order valence-corrected chi connectivity index (χ2v) is 6.27. The Bertz CT molecular complexity index is 1130. The van der Waals surface area contributed by atoms with Crippen LogP contribution in [0.15, 0.2) is 91.5 Å². The lowest BCUT2D eigenvalue weighted by Crippen LogP contribution is -2.13. The highest BCUT2D eigenvalue weighted by Gasteiger charge is 2.15. The molecule has 29 heavy (non-hydrogen) atoms. The molecule has 1 amide bonds. The van der Waals surface area contributed by atoms with Gasteiger partial charge in [0.2, 0.25) is 5.91 Å². The molecule has 0 aliphatic heterocycles. The van der Waals surface area contributed by atoms with Crippen molar-refractivity contribution < 1.29 is 9.53 Å². The van der Waals surface area contributed by atoms with Crippen molar-refractivity contribution in [2.45, 2.75) is 0 Å². The van der Waals surface area contributed by atoms with Crippen LogP contribution >= 0.6 is 0 Å². The monoisotopic (exact) mass is 382 g/mol. The first-order chi connectivity index (χ1) is 14.2. The van der Waals surface area contributed by atoms with Crippen LogP contribution in [0.5, 0.6) is 11.5 Å². The second kappa shape index (κ2) is 8.22. The van der Waals surface area contributed by atoms with Crippen LogP contribution in [0.1, 0.15) is 10.4 Å². The third kappa shape index (κ3) is 4.22. The number of ether oxygens (including phenoxy) is 1. The number of primary amides is 1. The molecule has 0 aliphatic rings. The Morgan fingerprint density at radius 3 is 2.24 bits per heavy atom.